The third kappa shape index (κ3) is 6.90. The van der Waals surface area contributed by atoms with Crippen LogP contribution in [0.25, 0.3) is 0 Å². The van der Waals surface area contributed by atoms with Crippen LogP contribution >= 0.6 is 0 Å². The lowest BCUT2D eigenvalue weighted by Crippen LogP contribution is -2.52. The van der Waals surface area contributed by atoms with Crippen molar-refractivity contribution in [3.63, 3.8) is 0 Å². The van der Waals surface area contributed by atoms with Gasteiger partial charge >= 0.3 is 6.03 Å². The molecule has 8 nitrogen and oxygen atoms in total. The molecule has 2 aliphatic rings. The summed E-state index contributed by atoms with van der Waals surface area (Å²) in [6.45, 7) is 5.15. The van der Waals surface area contributed by atoms with Gasteiger partial charge in [-0.25, -0.2) is 14.2 Å². The Kier molecular flexibility index (Phi) is 8.30. The number of hydrogen-bond donors (Lipinski definition) is 2. The highest BCUT2D eigenvalue weighted by atomic mass is 19.1. The molecule has 4 rings (SSSR count). The van der Waals surface area contributed by atoms with Crippen molar-refractivity contribution < 1.29 is 14.0 Å². The molecule has 1 aromatic heterocycles. The maximum Gasteiger partial charge on any atom is 0.317 e. The predicted octanol–water partition coefficient (Wildman–Crippen LogP) is 3.07. The van der Waals surface area contributed by atoms with Gasteiger partial charge in [-0.3, -0.25) is 9.69 Å². The molecule has 9 heteroatoms. The Morgan fingerprint density at radius 3 is 2.24 bits per heavy atom. The zero-order valence-electron chi connectivity index (χ0n) is 19.5. The van der Waals surface area contributed by atoms with Crippen LogP contribution in [0.15, 0.2) is 42.6 Å². The van der Waals surface area contributed by atoms with E-state index in [1.54, 1.807) is 4.90 Å². The van der Waals surface area contributed by atoms with Crippen LogP contribution in [0, 0.1) is 5.82 Å². The number of urea groups is 1. The Balaban J connectivity index is 1.16. The monoisotopic (exact) mass is 468 g/mol. The van der Waals surface area contributed by atoms with Gasteiger partial charge in [-0.2, -0.15) is 0 Å². The second kappa shape index (κ2) is 11.8. The highest BCUT2D eigenvalue weighted by molar-refractivity contribution is 5.92. The highest BCUT2D eigenvalue weighted by Gasteiger charge is 2.22. The fourth-order valence-electron chi connectivity index (χ4n) is 4.34. The van der Waals surface area contributed by atoms with Gasteiger partial charge in [-0.1, -0.05) is 18.9 Å². The topological polar surface area (TPSA) is 80.8 Å². The van der Waals surface area contributed by atoms with Crippen LogP contribution in [0.5, 0.6) is 0 Å². The fourth-order valence-corrected chi connectivity index (χ4v) is 4.34. The number of benzene rings is 1. The Hall–Kier alpha value is -3.20. The van der Waals surface area contributed by atoms with E-state index in [2.05, 4.69) is 20.5 Å². The van der Waals surface area contributed by atoms with Gasteiger partial charge in [-0.05, 0) is 48.7 Å². The minimum atomic E-state index is -0.339. The van der Waals surface area contributed by atoms with Crippen LogP contribution in [-0.4, -0.2) is 72.5 Å². The number of halogens is 1. The van der Waals surface area contributed by atoms with Crippen LogP contribution in [0.4, 0.5) is 20.7 Å². The van der Waals surface area contributed by atoms with Gasteiger partial charge in [0.15, 0.2) is 0 Å². The molecule has 34 heavy (non-hydrogen) atoms. The standard InChI is InChI=1S/C25H33FN6O2/c26-21-6-8-22(9-7-21)29-24(33)19-30-13-15-32(16-14-30)25(34)28-18-20-5-10-23(27-17-20)31-11-3-1-2-4-12-31/h5-10,17H,1-4,11-16,18-19H2,(H,28,34)(H,29,33). The highest BCUT2D eigenvalue weighted by Crippen LogP contribution is 2.17. The zero-order chi connectivity index (χ0) is 23.8. The lowest BCUT2D eigenvalue weighted by molar-refractivity contribution is -0.117. The van der Waals surface area contributed by atoms with Crippen LogP contribution in [0.3, 0.4) is 0 Å². The van der Waals surface area contributed by atoms with E-state index < -0.39 is 0 Å². The van der Waals surface area contributed by atoms with Crippen LogP contribution in [0.1, 0.15) is 31.2 Å². The summed E-state index contributed by atoms with van der Waals surface area (Å²) in [5.41, 5.74) is 1.54. The molecule has 2 N–H and O–H groups in total. The number of anilines is 2. The maximum absolute atomic E-state index is 13.0. The number of carbonyl (C=O) groups excluding carboxylic acids is 2. The molecule has 0 unspecified atom stereocenters. The maximum atomic E-state index is 13.0. The summed E-state index contributed by atoms with van der Waals surface area (Å²) < 4.78 is 13.0. The van der Waals surface area contributed by atoms with Gasteiger partial charge < -0.3 is 20.4 Å². The molecule has 2 aliphatic heterocycles. The number of rotatable bonds is 6. The van der Waals surface area contributed by atoms with E-state index in [-0.39, 0.29) is 24.3 Å². The smallest absolute Gasteiger partial charge is 0.317 e. The summed E-state index contributed by atoms with van der Waals surface area (Å²) in [4.78, 5) is 35.5. The molecular weight excluding hydrogens is 435 g/mol. The largest absolute Gasteiger partial charge is 0.357 e. The van der Waals surface area contributed by atoms with Crippen molar-refractivity contribution in [2.75, 3.05) is 56.0 Å². The van der Waals surface area contributed by atoms with Crippen LogP contribution in [-0.2, 0) is 11.3 Å². The molecule has 182 valence electrons. The first-order chi connectivity index (χ1) is 16.6. The number of hydrogen-bond acceptors (Lipinski definition) is 5. The summed E-state index contributed by atoms with van der Waals surface area (Å²) in [5.74, 6) is 0.519. The summed E-state index contributed by atoms with van der Waals surface area (Å²) in [5, 5.41) is 5.74. The van der Waals surface area contributed by atoms with Crippen molar-refractivity contribution in [2.24, 2.45) is 0 Å². The molecule has 1 aromatic carbocycles. The van der Waals surface area contributed by atoms with E-state index in [4.69, 9.17) is 0 Å². The lowest BCUT2D eigenvalue weighted by Gasteiger charge is -2.34. The molecule has 0 saturated carbocycles. The molecule has 2 fully saturated rings. The molecule has 0 atom stereocenters. The van der Waals surface area contributed by atoms with E-state index in [1.807, 2.05) is 23.2 Å². The molecule has 0 aliphatic carbocycles. The minimum absolute atomic E-state index is 0.105. The van der Waals surface area contributed by atoms with Gasteiger partial charge in [0.25, 0.3) is 0 Å². The van der Waals surface area contributed by atoms with Crippen molar-refractivity contribution in [1.29, 1.82) is 0 Å². The second-order valence-corrected chi connectivity index (χ2v) is 8.90. The average molecular weight is 469 g/mol. The van der Waals surface area contributed by atoms with Gasteiger partial charge in [0.05, 0.1) is 6.54 Å². The molecule has 2 saturated heterocycles. The molecular formula is C25H33FN6O2. The second-order valence-electron chi connectivity index (χ2n) is 8.90. The van der Waals surface area contributed by atoms with E-state index in [0.717, 1.165) is 24.5 Å². The van der Waals surface area contributed by atoms with Crippen molar-refractivity contribution >= 4 is 23.4 Å². The third-order valence-electron chi connectivity index (χ3n) is 6.34. The average Bonchev–Trinajstić information content (AvgIpc) is 3.14. The van der Waals surface area contributed by atoms with Crippen molar-refractivity contribution in [3.8, 4) is 0 Å². The van der Waals surface area contributed by atoms with Gasteiger partial charge in [-0.15, -0.1) is 0 Å². The summed E-state index contributed by atoms with van der Waals surface area (Å²) >= 11 is 0. The Bertz CT molecular complexity index is 937. The number of carbonyl (C=O) groups is 2. The summed E-state index contributed by atoms with van der Waals surface area (Å²) in [6, 6.07) is 9.67. The zero-order valence-corrected chi connectivity index (χ0v) is 19.5. The Labute approximate surface area is 200 Å². The first-order valence-electron chi connectivity index (χ1n) is 12.1. The van der Waals surface area contributed by atoms with Gasteiger partial charge in [0.1, 0.15) is 11.6 Å². The van der Waals surface area contributed by atoms with E-state index in [9.17, 15) is 14.0 Å². The Morgan fingerprint density at radius 2 is 1.59 bits per heavy atom. The number of pyridine rings is 1. The summed E-state index contributed by atoms with van der Waals surface area (Å²) in [7, 11) is 0. The molecule has 3 heterocycles. The third-order valence-corrected chi connectivity index (χ3v) is 6.34. The normalized spacial score (nSPS) is 17.2. The van der Waals surface area contributed by atoms with Crippen LogP contribution < -0.4 is 15.5 Å². The molecule has 0 bridgehead atoms. The van der Waals surface area contributed by atoms with Crippen LogP contribution in [0.2, 0.25) is 0 Å². The Morgan fingerprint density at radius 1 is 0.882 bits per heavy atom. The first kappa shape index (κ1) is 23.9. The van der Waals surface area contributed by atoms with E-state index >= 15 is 0 Å². The molecule has 0 spiro atoms. The minimum Gasteiger partial charge on any atom is -0.357 e. The van der Waals surface area contributed by atoms with Crippen molar-refractivity contribution in [2.45, 2.75) is 32.2 Å². The van der Waals surface area contributed by atoms with Crippen molar-refractivity contribution in [3.05, 3.63) is 54.0 Å². The lowest BCUT2D eigenvalue weighted by atomic mass is 10.2. The fraction of sp³-hybridized carbons (Fsp3) is 0.480. The van der Waals surface area contributed by atoms with Gasteiger partial charge in [0, 0.05) is 57.7 Å². The number of amides is 3. The van der Waals surface area contributed by atoms with Crippen molar-refractivity contribution in [1.82, 2.24) is 20.1 Å². The molecule has 2 aromatic rings. The quantitative estimate of drug-likeness (QED) is 0.681. The number of nitrogens with zero attached hydrogens (tertiary/aromatic N) is 4. The number of nitrogens with one attached hydrogen (secondary N) is 2. The van der Waals surface area contributed by atoms with E-state index in [0.29, 0.717) is 38.4 Å². The van der Waals surface area contributed by atoms with Gasteiger partial charge in [0.2, 0.25) is 5.91 Å². The predicted molar refractivity (Wildman–Crippen MR) is 130 cm³/mol. The molecule has 3 amide bonds. The summed E-state index contributed by atoms with van der Waals surface area (Å²) in [6.07, 6.45) is 6.85. The molecule has 0 radical (unpaired) electrons. The van der Waals surface area contributed by atoms with E-state index in [1.165, 1.54) is 49.9 Å². The SMILES string of the molecule is O=C(CN1CCN(C(=O)NCc2ccc(N3CCCCCC3)nc2)CC1)Nc1ccc(F)cc1. The number of piperazine rings is 1. The first-order valence-corrected chi connectivity index (χ1v) is 12.1. The number of aromatic nitrogens is 1.